The summed E-state index contributed by atoms with van der Waals surface area (Å²) in [6.45, 7) is 10.8. The van der Waals surface area contributed by atoms with Gasteiger partial charge in [0.15, 0.2) is 11.6 Å². The summed E-state index contributed by atoms with van der Waals surface area (Å²) in [5, 5.41) is 3.36. The van der Waals surface area contributed by atoms with Gasteiger partial charge in [0, 0.05) is 38.4 Å². The van der Waals surface area contributed by atoms with E-state index in [0.29, 0.717) is 18.1 Å². The van der Waals surface area contributed by atoms with Crippen molar-refractivity contribution in [2.75, 3.05) is 47.0 Å². The van der Waals surface area contributed by atoms with Crippen molar-refractivity contribution in [3.05, 3.63) is 71.0 Å². The number of nitrogens with two attached hydrogens (primary N) is 1. The molecule has 0 amide bonds. The van der Waals surface area contributed by atoms with Crippen LogP contribution in [0.3, 0.4) is 0 Å². The topological polar surface area (TPSA) is 70.3 Å². The van der Waals surface area contributed by atoms with E-state index in [1.807, 2.05) is 0 Å². The number of anilines is 4. The Hall–Kier alpha value is -3.28. The summed E-state index contributed by atoms with van der Waals surface area (Å²) in [5.41, 5.74) is 13.5. The van der Waals surface area contributed by atoms with Gasteiger partial charge in [-0.25, -0.2) is 9.97 Å². The molecule has 1 saturated heterocycles. The molecule has 4 rings (SSSR count). The fraction of sp³-hybridized carbons (Fsp3) is 0.333. The van der Waals surface area contributed by atoms with Crippen LogP contribution in [0.5, 0.6) is 0 Å². The maximum atomic E-state index is 6.45. The van der Waals surface area contributed by atoms with E-state index in [4.69, 9.17) is 5.73 Å². The molecule has 1 aliphatic rings. The zero-order valence-corrected chi connectivity index (χ0v) is 18.0. The second-order valence-electron chi connectivity index (χ2n) is 7.99. The maximum Gasteiger partial charge on any atom is 0.157 e. The predicted molar refractivity (Wildman–Crippen MR) is 125 cm³/mol. The summed E-state index contributed by atoms with van der Waals surface area (Å²) in [6, 6.07) is 15.0. The highest BCUT2D eigenvalue weighted by Crippen LogP contribution is 2.29. The van der Waals surface area contributed by atoms with Gasteiger partial charge in [-0.05, 0) is 43.5 Å². The minimum Gasteiger partial charge on any atom is -0.393 e. The molecule has 1 fully saturated rings. The van der Waals surface area contributed by atoms with Crippen molar-refractivity contribution in [3.63, 3.8) is 0 Å². The predicted octanol–water partition coefficient (Wildman–Crippen LogP) is 3.92. The Labute approximate surface area is 178 Å². The zero-order valence-electron chi connectivity index (χ0n) is 18.0. The first-order valence-corrected chi connectivity index (χ1v) is 10.5. The largest absolute Gasteiger partial charge is 0.393 e. The standard InChI is InChI=1S/C24H30N6/c1-17-7-9-20(10-8-17)15-26-23-22(25)24(28-16-27-23)30-13-11-29(12-14-30)21-6-4-5-18(2)19(21)3/h4-10,16H,11-15,25H2,1-3H3,(H,26,27,28). The SMILES string of the molecule is Cc1ccc(CNc2ncnc(N3CCN(c4cccc(C)c4C)CC3)c2N)cc1. The molecular weight excluding hydrogens is 372 g/mol. The van der Waals surface area contributed by atoms with Crippen LogP contribution in [-0.2, 0) is 6.54 Å². The molecule has 0 saturated carbocycles. The second-order valence-corrected chi connectivity index (χ2v) is 7.99. The molecule has 6 heteroatoms. The van der Waals surface area contributed by atoms with Crippen molar-refractivity contribution < 1.29 is 0 Å². The van der Waals surface area contributed by atoms with Gasteiger partial charge in [0.25, 0.3) is 0 Å². The maximum absolute atomic E-state index is 6.45. The van der Waals surface area contributed by atoms with E-state index >= 15 is 0 Å². The Morgan fingerprint density at radius 2 is 1.60 bits per heavy atom. The molecule has 2 aromatic carbocycles. The van der Waals surface area contributed by atoms with E-state index < -0.39 is 0 Å². The van der Waals surface area contributed by atoms with Crippen LogP contribution in [0.1, 0.15) is 22.3 Å². The Balaban J connectivity index is 1.43. The summed E-state index contributed by atoms with van der Waals surface area (Å²) in [5.74, 6) is 1.51. The van der Waals surface area contributed by atoms with Crippen LogP contribution in [0, 0.1) is 20.8 Å². The average molecular weight is 403 g/mol. The fourth-order valence-electron chi connectivity index (χ4n) is 3.91. The number of nitrogen functional groups attached to an aromatic ring is 1. The van der Waals surface area contributed by atoms with Gasteiger partial charge >= 0.3 is 0 Å². The highest BCUT2D eigenvalue weighted by molar-refractivity contribution is 5.75. The number of nitrogens with one attached hydrogen (secondary N) is 1. The first-order chi connectivity index (χ1) is 14.5. The van der Waals surface area contributed by atoms with Gasteiger partial charge in [-0.2, -0.15) is 0 Å². The minimum absolute atomic E-state index is 0.616. The van der Waals surface area contributed by atoms with Crippen LogP contribution in [0.2, 0.25) is 0 Å². The lowest BCUT2D eigenvalue weighted by Crippen LogP contribution is -2.47. The lowest BCUT2D eigenvalue weighted by molar-refractivity contribution is 0.646. The molecule has 0 radical (unpaired) electrons. The zero-order chi connectivity index (χ0) is 21.1. The molecule has 0 unspecified atom stereocenters. The van der Waals surface area contributed by atoms with Crippen molar-refractivity contribution in [2.45, 2.75) is 27.3 Å². The number of piperazine rings is 1. The molecule has 0 aliphatic carbocycles. The summed E-state index contributed by atoms with van der Waals surface area (Å²) >= 11 is 0. The third-order valence-corrected chi connectivity index (χ3v) is 5.94. The number of hydrogen-bond donors (Lipinski definition) is 2. The molecule has 6 nitrogen and oxygen atoms in total. The van der Waals surface area contributed by atoms with Gasteiger partial charge in [0.2, 0.25) is 0 Å². The van der Waals surface area contributed by atoms with Crippen molar-refractivity contribution in [1.29, 1.82) is 0 Å². The Morgan fingerprint density at radius 1 is 0.900 bits per heavy atom. The van der Waals surface area contributed by atoms with Crippen molar-refractivity contribution in [1.82, 2.24) is 9.97 Å². The molecule has 2 heterocycles. The first-order valence-electron chi connectivity index (χ1n) is 10.5. The van der Waals surface area contributed by atoms with Gasteiger partial charge < -0.3 is 20.9 Å². The minimum atomic E-state index is 0.616. The van der Waals surface area contributed by atoms with Gasteiger partial charge in [0.05, 0.1) is 0 Å². The van der Waals surface area contributed by atoms with Crippen LogP contribution in [0.15, 0.2) is 48.8 Å². The van der Waals surface area contributed by atoms with Crippen LogP contribution in [-0.4, -0.2) is 36.1 Å². The van der Waals surface area contributed by atoms with E-state index in [1.54, 1.807) is 6.33 Å². The molecule has 0 atom stereocenters. The van der Waals surface area contributed by atoms with Crippen LogP contribution >= 0.6 is 0 Å². The number of benzene rings is 2. The van der Waals surface area contributed by atoms with E-state index in [-0.39, 0.29) is 0 Å². The van der Waals surface area contributed by atoms with Crippen LogP contribution in [0.25, 0.3) is 0 Å². The fourth-order valence-corrected chi connectivity index (χ4v) is 3.91. The van der Waals surface area contributed by atoms with Crippen molar-refractivity contribution in [3.8, 4) is 0 Å². The molecule has 156 valence electrons. The second kappa shape index (κ2) is 8.61. The van der Waals surface area contributed by atoms with Gasteiger partial charge in [-0.1, -0.05) is 42.0 Å². The molecular formula is C24H30N6. The lowest BCUT2D eigenvalue weighted by atomic mass is 10.1. The summed E-state index contributed by atoms with van der Waals surface area (Å²) in [6.07, 6.45) is 1.60. The average Bonchev–Trinajstić information content (AvgIpc) is 2.76. The van der Waals surface area contributed by atoms with Gasteiger partial charge in [0.1, 0.15) is 12.0 Å². The Kier molecular flexibility index (Phi) is 5.74. The summed E-state index contributed by atoms with van der Waals surface area (Å²) < 4.78 is 0. The normalized spacial score (nSPS) is 14.1. The van der Waals surface area contributed by atoms with E-state index in [0.717, 1.165) is 32.0 Å². The van der Waals surface area contributed by atoms with E-state index in [9.17, 15) is 0 Å². The Morgan fingerprint density at radius 3 is 2.33 bits per heavy atom. The third-order valence-electron chi connectivity index (χ3n) is 5.94. The third kappa shape index (κ3) is 4.17. The number of rotatable bonds is 5. The highest BCUT2D eigenvalue weighted by Gasteiger charge is 2.22. The van der Waals surface area contributed by atoms with Gasteiger partial charge in [-0.15, -0.1) is 0 Å². The molecule has 1 aromatic heterocycles. The summed E-state index contributed by atoms with van der Waals surface area (Å²) in [7, 11) is 0. The van der Waals surface area contributed by atoms with E-state index in [2.05, 4.69) is 88.3 Å². The summed E-state index contributed by atoms with van der Waals surface area (Å²) in [4.78, 5) is 13.6. The number of hydrogen-bond acceptors (Lipinski definition) is 6. The monoisotopic (exact) mass is 402 g/mol. The molecule has 3 aromatic rings. The highest BCUT2D eigenvalue weighted by atomic mass is 15.3. The quantitative estimate of drug-likeness (QED) is 0.674. The van der Waals surface area contributed by atoms with Crippen LogP contribution in [0.4, 0.5) is 23.0 Å². The first kappa shape index (κ1) is 20.0. The van der Waals surface area contributed by atoms with Crippen molar-refractivity contribution in [2.24, 2.45) is 0 Å². The molecule has 30 heavy (non-hydrogen) atoms. The van der Waals surface area contributed by atoms with Crippen molar-refractivity contribution >= 4 is 23.0 Å². The number of nitrogens with zero attached hydrogens (tertiary/aromatic N) is 4. The van der Waals surface area contributed by atoms with E-state index in [1.165, 1.54) is 27.9 Å². The number of aromatic nitrogens is 2. The number of aryl methyl sites for hydroxylation is 2. The molecule has 3 N–H and O–H groups in total. The molecule has 0 spiro atoms. The molecule has 0 bridgehead atoms. The van der Waals surface area contributed by atoms with Gasteiger partial charge in [-0.3, -0.25) is 0 Å². The van der Waals surface area contributed by atoms with Crippen LogP contribution < -0.4 is 20.9 Å². The smallest absolute Gasteiger partial charge is 0.157 e. The lowest BCUT2D eigenvalue weighted by Gasteiger charge is -2.38. The Bertz CT molecular complexity index is 1010. The molecule has 1 aliphatic heterocycles.